The molecule has 2 heterocycles. The number of carbonyl (C=O) groups excluding carboxylic acids is 1. The van der Waals surface area contributed by atoms with Crippen LogP contribution in [-0.2, 0) is 24.2 Å². The minimum absolute atomic E-state index is 0.0245. The Morgan fingerprint density at radius 1 is 1.35 bits per heavy atom. The van der Waals surface area contributed by atoms with Crippen molar-refractivity contribution in [1.82, 2.24) is 9.55 Å². The number of aryl methyl sites for hydroxylation is 2. The zero-order valence-corrected chi connectivity index (χ0v) is 12.4. The second kappa shape index (κ2) is 6.20. The van der Waals surface area contributed by atoms with Gasteiger partial charge in [0.1, 0.15) is 11.6 Å². The van der Waals surface area contributed by atoms with E-state index in [1.807, 2.05) is 10.8 Å². The van der Waals surface area contributed by atoms with E-state index in [1.54, 1.807) is 0 Å². The molecule has 1 aliphatic heterocycles. The average Bonchev–Trinajstić information content (AvgIpc) is 2.91. The maximum atomic E-state index is 13.7. The normalized spacial score (nSPS) is 13.4. The van der Waals surface area contributed by atoms with Crippen LogP contribution >= 0.6 is 0 Å². The van der Waals surface area contributed by atoms with E-state index in [2.05, 4.69) is 10.3 Å². The number of carboxylic acid groups (broad SMARTS) is 1. The Hall–Kier alpha value is -2.70. The van der Waals surface area contributed by atoms with Crippen molar-refractivity contribution in [2.75, 3.05) is 5.32 Å². The summed E-state index contributed by atoms with van der Waals surface area (Å²) >= 11 is 0. The highest BCUT2D eigenvalue weighted by Crippen LogP contribution is 2.18. The lowest BCUT2D eigenvalue weighted by atomic mass is 10.2. The van der Waals surface area contributed by atoms with Crippen molar-refractivity contribution in [2.24, 2.45) is 0 Å². The quantitative estimate of drug-likeness (QED) is 0.906. The highest BCUT2D eigenvalue weighted by atomic mass is 19.1. The van der Waals surface area contributed by atoms with Crippen LogP contribution in [0.15, 0.2) is 24.4 Å². The fraction of sp³-hybridized carbons (Fsp3) is 0.312. The van der Waals surface area contributed by atoms with Crippen LogP contribution in [0.25, 0.3) is 0 Å². The largest absolute Gasteiger partial charge is 0.478 e. The maximum absolute atomic E-state index is 13.7. The van der Waals surface area contributed by atoms with Gasteiger partial charge in [-0.3, -0.25) is 4.79 Å². The first kappa shape index (κ1) is 15.2. The highest BCUT2D eigenvalue weighted by Gasteiger charge is 2.16. The lowest BCUT2D eigenvalue weighted by Gasteiger charge is -2.11. The van der Waals surface area contributed by atoms with Gasteiger partial charge in [-0.1, -0.05) is 0 Å². The molecule has 0 radical (unpaired) electrons. The number of hydrogen-bond donors (Lipinski definition) is 2. The van der Waals surface area contributed by atoms with Crippen LogP contribution in [0.4, 0.5) is 10.1 Å². The van der Waals surface area contributed by atoms with Crippen LogP contribution in [0.2, 0.25) is 0 Å². The van der Waals surface area contributed by atoms with E-state index in [0.717, 1.165) is 49.8 Å². The molecule has 0 unspecified atom stereocenters. The van der Waals surface area contributed by atoms with Crippen LogP contribution in [0, 0.1) is 5.82 Å². The summed E-state index contributed by atoms with van der Waals surface area (Å²) in [6.45, 7) is 0.902. The summed E-state index contributed by atoms with van der Waals surface area (Å²) in [7, 11) is 0. The molecule has 2 N–H and O–H groups in total. The third-order valence-electron chi connectivity index (χ3n) is 3.79. The Morgan fingerprint density at radius 2 is 2.17 bits per heavy atom. The van der Waals surface area contributed by atoms with Gasteiger partial charge in [0.15, 0.2) is 0 Å². The minimum Gasteiger partial charge on any atom is -0.478 e. The Kier molecular flexibility index (Phi) is 4.10. The molecule has 6 nitrogen and oxygen atoms in total. The molecule has 0 spiro atoms. The Bertz CT molecular complexity index is 746. The van der Waals surface area contributed by atoms with E-state index in [0.29, 0.717) is 5.69 Å². The summed E-state index contributed by atoms with van der Waals surface area (Å²) in [5.41, 5.74) is 0.409. The van der Waals surface area contributed by atoms with Gasteiger partial charge in [-0.2, -0.15) is 0 Å². The van der Waals surface area contributed by atoms with Crippen molar-refractivity contribution in [3.05, 3.63) is 47.3 Å². The second-order valence-corrected chi connectivity index (χ2v) is 5.52. The molecule has 120 valence electrons. The van der Waals surface area contributed by atoms with E-state index in [4.69, 9.17) is 5.11 Å². The summed E-state index contributed by atoms with van der Waals surface area (Å²) in [5.74, 6) is -1.31. The number of carbonyl (C=O) groups is 2. The molecule has 0 fully saturated rings. The van der Waals surface area contributed by atoms with Crippen LogP contribution in [0.3, 0.4) is 0 Å². The molecule has 1 aromatic heterocycles. The topological polar surface area (TPSA) is 84.2 Å². The van der Waals surface area contributed by atoms with Crippen molar-refractivity contribution >= 4 is 17.6 Å². The number of rotatable bonds is 4. The minimum atomic E-state index is -1.18. The average molecular weight is 317 g/mol. The van der Waals surface area contributed by atoms with Gasteiger partial charge in [0.05, 0.1) is 23.4 Å². The number of nitrogens with zero attached hydrogens (tertiary/aromatic N) is 2. The molecule has 0 atom stereocenters. The predicted molar refractivity (Wildman–Crippen MR) is 80.9 cm³/mol. The zero-order valence-electron chi connectivity index (χ0n) is 12.4. The maximum Gasteiger partial charge on any atom is 0.335 e. The molecule has 1 aliphatic rings. The van der Waals surface area contributed by atoms with E-state index in [9.17, 15) is 14.0 Å². The Morgan fingerprint density at radius 3 is 2.91 bits per heavy atom. The summed E-state index contributed by atoms with van der Waals surface area (Å²) in [5, 5.41) is 11.3. The van der Waals surface area contributed by atoms with E-state index in [1.165, 1.54) is 0 Å². The van der Waals surface area contributed by atoms with Gasteiger partial charge in [-0.15, -0.1) is 0 Å². The van der Waals surface area contributed by atoms with Gasteiger partial charge >= 0.3 is 5.97 Å². The molecular weight excluding hydrogens is 301 g/mol. The standard InChI is InChI=1S/C16H16FN3O3/c17-12-5-4-10(16(22)23)7-13(12)19-15(21)8-11-9-20-6-2-1-3-14(20)18-11/h4-5,7,9H,1-3,6,8H2,(H,19,21)(H,22,23). The summed E-state index contributed by atoms with van der Waals surface area (Å²) in [6, 6.07) is 3.28. The van der Waals surface area contributed by atoms with Crippen molar-refractivity contribution in [3.8, 4) is 0 Å². The lowest BCUT2D eigenvalue weighted by Crippen LogP contribution is -2.16. The third-order valence-corrected chi connectivity index (χ3v) is 3.79. The van der Waals surface area contributed by atoms with Crippen molar-refractivity contribution in [2.45, 2.75) is 32.2 Å². The number of aromatic carboxylic acids is 1. The fourth-order valence-corrected chi connectivity index (χ4v) is 2.67. The molecule has 0 bridgehead atoms. The number of carboxylic acids is 1. The van der Waals surface area contributed by atoms with Crippen LogP contribution in [0.1, 0.15) is 34.7 Å². The zero-order chi connectivity index (χ0) is 16.4. The third kappa shape index (κ3) is 3.39. The first-order valence-corrected chi connectivity index (χ1v) is 7.40. The first-order chi connectivity index (χ1) is 11.0. The van der Waals surface area contributed by atoms with Gasteiger partial charge in [0.25, 0.3) is 0 Å². The SMILES string of the molecule is O=C(Cc1cn2c(n1)CCCC2)Nc1cc(C(=O)O)ccc1F. The monoisotopic (exact) mass is 317 g/mol. The molecule has 23 heavy (non-hydrogen) atoms. The molecule has 3 rings (SSSR count). The number of hydrogen-bond acceptors (Lipinski definition) is 3. The van der Waals surface area contributed by atoms with Gasteiger partial charge in [0.2, 0.25) is 5.91 Å². The summed E-state index contributed by atoms with van der Waals surface area (Å²) < 4.78 is 15.7. The molecule has 0 saturated heterocycles. The van der Waals surface area contributed by atoms with Crippen LogP contribution < -0.4 is 5.32 Å². The van der Waals surface area contributed by atoms with E-state index in [-0.39, 0.29) is 17.7 Å². The van der Waals surface area contributed by atoms with E-state index < -0.39 is 17.7 Å². The number of anilines is 1. The van der Waals surface area contributed by atoms with Crippen molar-refractivity contribution in [1.29, 1.82) is 0 Å². The van der Waals surface area contributed by atoms with Gasteiger partial charge in [-0.05, 0) is 31.0 Å². The number of benzene rings is 1. The number of nitrogens with one attached hydrogen (secondary N) is 1. The number of halogens is 1. The second-order valence-electron chi connectivity index (χ2n) is 5.52. The number of fused-ring (bicyclic) bond motifs is 1. The van der Waals surface area contributed by atoms with Crippen molar-refractivity contribution < 1.29 is 19.1 Å². The molecule has 7 heteroatoms. The first-order valence-electron chi connectivity index (χ1n) is 7.40. The molecule has 0 aliphatic carbocycles. The van der Waals surface area contributed by atoms with Crippen LogP contribution in [-0.4, -0.2) is 26.5 Å². The Labute approximate surface area is 132 Å². The van der Waals surface area contributed by atoms with Gasteiger partial charge < -0.3 is 15.0 Å². The Balaban J connectivity index is 1.71. The number of aromatic nitrogens is 2. The predicted octanol–water partition coefficient (Wildman–Crippen LogP) is 2.24. The van der Waals surface area contributed by atoms with Gasteiger partial charge in [0, 0.05) is 19.2 Å². The lowest BCUT2D eigenvalue weighted by molar-refractivity contribution is -0.115. The molecule has 1 aromatic carbocycles. The van der Waals surface area contributed by atoms with Crippen molar-refractivity contribution in [3.63, 3.8) is 0 Å². The summed E-state index contributed by atoms with van der Waals surface area (Å²) in [4.78, 5) is 27.4. The molecular formula is C16H16FN3O3. The molecule has 0 saturated carbocycles. The van der Waals surface area contributed by atoms with Gasteiger partial charge in [-0.25, -0.2) is 14.2 Å². The highest BCUT2D eigenvalue weighted by molar-refractivity contribution is 5.94. The number of amides is 1. The molecule has 2 aromatic rings. The fourth-order valence-electron chi connectivity index (χ4n) is 2.67. The number of imidazole rings is 1. The smallest absolute Gasteiger partial charge is 0.335 e. The molecule has 1 amide bonds. The van der Waals surface area contributed by atoms with Crippen LogP contribution in [0.5, 0.6) is 0 Å². The van der Waals surface area contributed by atoms with E-state index >= 15 is 0 Å². The summed E-state index contributed by atoms with van der Waals surface area (Å²) in [6.07, 6.45) is 4.96.